The van der Waals surface area contributed by atoms with E-state index in [1.165, 1.54) is 0 Å². The van der Waals surface area contributed by atoms with Crippen molar-refractivity contribution in [3.8, 4) is 0 Å². The highest BCUT2D eigenvalue weighted by molar-refractivity contribution is 6.05. The van der Waals surface area contributed by atoms with Gasteiger partial charge in [0.15, 0.2) is 5.65 Å². The molecule has 6 heteroatoms. The van der Waals surface area contributed by atoms with Crippen LogP contribution in [0.4, 0.5) is 0 Å². The van der Waals surface area contributed by atoms with Gasteiger partial charge in [-0.05, 0) is 31.9 Å². The maximum atomic E-state index is 12.8. The van der Waals surface area contributed by atoms with Gasteiger partial charge in [0.1, 0.15) is 0 Å². The number of carbonyl (C=O) groups excluding carboxylic acids is 1. The van der Waals surface area contributed by atoms with Crippen molar-refractivity contribution in [1.29, 1.82) is 0 Å². The number of nitrogens with one attached hydrogen (secondary N) is 1. The van der Waals surface area contributed by atoms with Crippen LogP contribution >= 0.6 is 0 Å². The highest BCUT2D eigenvalue weighted by atomic mass is 16.1. The first-order valence-corrected chi connectivity index (χ1v) is 8.94. The zero-order valence-corrected chi connectivity index (χ0v) is 15.4. The Balaban J connectivity index is 1.83. The first kappa shape index (κ1) is 18.1. The van der Waals surface area contributed by atoms with Crippen LogP contribution in [0.3, 0.4) is 0 Å². The lowest BCUT2D eigenvalue weighted by Crippen LogP contribution is -2.32. The molecule has 2 atom stereocenters. The van der Waals surface area contributed by atoms with Gasteiger partial charge in [-0.1, -0.05) is 37.3 Å². The number of hydrogen-bond acceptors (Lipinski definition) is 4. The number of carbonyl (C=O) groups is 1. The minimum Gasteiger partial charge on any atom is -0.350 e. The van der Waals surface area contributed by atoms with E-state index >= 15 is 0 Å². The van der Waals surface area contributed by atoms with Crippen molar-refractivity contribution < 1.29 is 4.79 Å². The van der Waals surface area contributed by atoms with Crippen molar-refractivity contribution in [1.82, 2.24) is 20.1 Å². The topological polar surface area (TPSA) is 85.8 Å². The fourth-order valence-electron chi connectivity index (χ4n) is 2.94. The lowest BCUT2D eigenvalue weighted by atomic mass is 10.1. The number of benzene rings is 1. The third kappa shape index (κ3) is 3.60. The van der Waals surface area contributed by atoms with Crippen LogP contribution < -0.4 is 11.1 Å². The van der Waals surface area contributed by atoms with Gasteiger partial charge < -0.3 is 11.1 Å². The van der Waals surface area contributed by atoms with Crippen LogP contribution in [-0.4, -0.2) is 27.2 Å². The molecule has 0 radical (unpaired) electrons. The zero-order chi connectivity index (χ0) is 18.7. The van der Waals surface area contributed by atoms with Crippen molar-refractivity contribution in [3.63, 3.8) is 0 Å². The summed E-state index contributed by atoms with van der Waals surface area (Å²) in [6, 6.07) is 11.5. The maximum Gasteiger partial charge on any atom is 0.252 e. The molecule has 136 valence electrons. The van der Waals surface area contributed by atoms with E-state index in [-0.39, 0.29) is 18.0 Å². The SMILES string of the molecule is CCC(C)n1ncc2c(C(=O)NCC(N)c3ccccc3)cc(C)nc21. The lowest BCUT2D eigenvalue weighted by molar-refractivity contribution is 0.0952. The number of fused-ring (bicyclic) bond motifs is 1. The van der Waals surface area contributed by atoms with Crippen LogP contribution in [-0.2, 0) is 0 Å². The summed E-state index contributed by atoms with van der Waals surface area (Å²) in [7, 11) is 0. The van der Waals surface area contributed by atoms with Crippen molar-refractivity contribution in [2.75, 3.05) is 6.54 Å². The second kappa shape index (κ2) is 7.66. The van der Waals surface area contributed by atoms with E-state index in [0.29, 0.717) is 12.1 Å². The van der Waals surface area contributed by atoms with Gasteiger partial charge >= 0.3 is 0 Å². The van der Waals surface area contributed by atoms with Gasteiger partial charge in [-0.15, -0.1) is 0 Å². The Morgan fingerprint density at radius 2 is 2.04 bits per heavy atom. The van der Waals surface area contributed by atoms with E-state index in [0.717, 1.165) is 28.7 Å². The van der Waals surface area contributed by atoms with Crippen LogP contribution in [0, 0.1) is 6.92 Å². The monoisotopic (exact) mass is 351 g/mol. The number of hydrogen-bond donors (Lipinski definition) is 2. The molecule has 1 aromatic carbocycles. The first-order valence-electron chi connectivity index (χ1n) is 8.94. The molecule has 6 nitrogen and oxygen atoms in total. The van der Waals surface area contributed by atoms with Crippen molar-refractivity contribution in [2.24, 2.45) is 5.73 Å². The highest BCUT2D eigenvalue weighted by Crippen LogP contribution is 2.22. The second-order valence-electron chi connectivity index (χ2n) is 6.62. The Kier molecular flexibility index (Phi) is 5.32. The van der Waals surface area contributed by atoms with Crippen LogP contribution in [0.2, 0.25) is 0 Å². The molecule has 0 spiro atoms. The molecule has 26 heavy (non-hydrogen) atoms. The van der Waals surface area contributed by atoms with Crippen LogP contribution in [0.25, 0.3) is 11.0 Å². The summed E-state index contributed by atoms with van der Waals surface area (Å²) in [5, 5.41) is 8.15. The fraction of sp³-hybridized carbons (Fsp3) is 0.350. The number of nitrogens with two attached hydrogens (primary N) is 1. The summed E-state index contributed by atoms with van der Waals surface area (Å²) in [6.07, 6.45) is 2.67. The molecule has 3 aromatic rings. The summed E-state index contributed by atoms with van der Waals surface area (Å²) < 4.78 is 1.88. The smallest absolute Gasteiger partial charge is 0.252 e. The largest absolute Gasteiger partial charge is 0.350 e. The summed E-state index contributed by atoms with van der Waals surface area (Å²) in [5.41, 5.74) is 9.30. The Labute approximate surface area is 153 Å². The van der Waals surface area contributed by atoms with E-state index < -0.39 is 0 Å². The third-order valence-corrected chi connectivity index (χ3v) is 4.66. The van der Waals surface area contributed by atoms with Crippen molar-refractivity contribution in [3.05, 3.63) is 59.4 Å². The molecule has 0 aliphatic heterocycles. The number of nitrogens with zero attached hydrogens (tertiary/aromatic N) is 3. The molecule has 3 rings (SSSR count). The predicted octanol–water partition coefficient (Wildman–Crippen LogP) is 3.14. The van der Waals surface area contributed by atoms with Gasteiger partial charge in [0.05, 0.1) is 23.2 Å². The summed E-state index contributed by atoms with van der Waals surface area (Å²) in [6.45, 7) is 6.45. The molecule has 2 heterocycles. The predicted molar refractivity (Wildman–Crippen MR) is 103 cm³/mol. The lowest BCUT2D eigenvalue weighted by Gasteiger charge is -2.14. The first-order chi connectivity index (χ1) is 12.5. The van der Waals surface area contributed by atoms with Gasteiger partial charge in [0.2, 0.25) is 0 Å². The quantitative estimate of drug-likeness (QED) is 0.714. The molecule has 2 unspecified atom stereocenters. The van der Waals surface area contributed by atoms with Gasteiger partial charge in [0.25, 0.3) is 5.91 Å². The van der Waals surface area contributed by atoms with E-state index in [1.807, 2.05) is 41.9 Å². The Hall–Kier alpha value is -2.73. The van der Waals surface area contributed by atoms with Crippen molar-refractivity contribution in [2.45, 2.75) is 39.3 Å². The molecule has 3 N–H and O–H groups in total. The van der Waals surface area contributed by atoms with Crippen LogP contribution in [0.15, 0.2) is 42.6 Å². The number of amides is 1. The molecular formula is C20H25N5O. The van der Waals surface area contributed by atoms with Crippen molar-refractivity contribution >= 4 is 16.9 Å². The Morgan fingerprint density at radius 3 is 2.73 bits per heavy atom. The van der Waals surface area contributed by atoms with Crippen LogP contribution in [0.1, 0.15) is 54.0 Å². The van der Waals surface area contributed by atoms with Gasteiger partial charge in [0, 0.05) is 18.3 Å². The molecule has 0 bridgehead atoms. The average Bonchev–Trinajstić information content (AvgIpc) is 3.08. The van der Waals surface area contributed by atoms with Gasteiger partial charge in [-0.25, -0.2) is 9.67 Å². The molecule has 0 aliphatic carbocycles. The molecule has 1 amide bonds. The second-order valence-corrected chi connectivity index (χ2v) is 6.62. The molecule has 0 aliphatic rings. The Bertz CT molecular complexity index is 903. The van der Waals surface area contributed by atoms with E-state index in [1.54, 1.807) is 12.3 Å². The highest BCUT2D eigenvalue weighted by Gasteiger charge is 2.18. The summed E-state index contributed by atoms with van der Waals surface area (Å²) in [4.78, 5) is 17.4. The van der Waals surface area contributed by atoms with Gasteiger partial charge in [-0.2, -0.15) is 5.10 Å². The standard InChI is InChI=1S/C20H25N5O/c1-4-14(3)25-19-17(11-23-25)16(10-13(2)24-19)20(26)22-12-18(21)15-8-6-5-7-9-15/h5-11,14,18H,4,12,21H2,1-3H3,(H,22,26). The molecular weight excluding hydrogens is 326 g/mol. The number of pyridine rings is 1. The van der Waals surface area contributed by atoms with Gasteiger partial charge in [-0.3, -0.25) is 4.79 Å². The Morgan fingerprint density at radius 1 is 1.31 bits per heavy atom. The summed E-state index contributed by atoms with van der Waals surface area (Å²) in [5.74, 6) is -0.157. The molecule has 2 aromatic heterocycles. The minimum absolute atomic E-state index is 0.157. The third-order valence-electron chi connectivity index (χ3n) is 4.66. The van der Waals surface area contributed by atoms with E-state index in [9.17, 15) is 4.79 Å². The molecule has 0 fully saturated rings. The number of aryl methyl sites for hydroxylation is 1. The molecule has 0 saturated carbocycles. The molecule has 0 saturated heterocycles. The van der Waals surface area contributed by atoms with Crippen LogP contribution in [0.5, 0.6) is 0 Å². The van der Waals surface area contributed by atoms with E-state index in [4.69, 9.17) is 5.73 Å². The maximum absolute atomic E-state index is 12.8. The normalized spacial score (nSPS) is 13.5. The zero-order valence-electron chi connectivity index (χ0n) is 15.4. The minimum atomic E-state index is -0.249. The summed E-state index contributed by atoms with van der Waals surface area (Å²) >= 11 is 0. The fourth-order valence-corrected chi connectivity index (χ4v) is 2.94. The number of aromatic nitrogens is 3. The average molecular weight is 351 g/mol. The number of rotatable bonds is 6. The van der Waals surface area contributed by atoms with E-state index in [2.05, 4.69) is 29.2 Å².